The lowest BCUT2D eigenvalue weighted by Gasteiger charge is -2.12. The molecule has 6 nitrogen and oxygen atoms in total. The summed E-state index contributed by atoms with van der Waals surface area (Å²) in [5.41, 5.74) is 1.07. The van der Waals surface area contributed by atoms with Gasteiger partial charge < -0.3 is 4.18 Å². The Bertz CT molecular complexity index is 1410. The zero-order valence-electron chi connectivity index (χ0n) is 17.1. The van der Waals surface area contributed by atoms with Crippen LogP contribution in [0.25, 0.3) is 6.08 Å². The highest BCUT2D eigenvalue weighted by Crippen LogP contribution is 2.35. The highest BCUT2D eigenvalue weighted by atomic mass is 35.5. The predicted octanol–water partition coefficient (Wildman–Crippen LogP) is 6.14. The van der Waals surface area contributed by atoms with Gasteiger partial charge in [-0.1, -0.05) is 41.4 Å². The number of hydrogen-bond acceptors (Lipinski definition) is 6. The van der Waals surface area contributed by atoms with Crippen LogP contribution in [0.3, 0.4) is 0 Å². The van der Waals surface area contributed by atoms with E-state index in [4.69, 9.17) is 27.4 Å². The van der Waals surface area contributed by atoms with Gasteiger partial charge in [0.2, 0.25) is 0 Å². The van der Waals surface area contributed by atoms with Crippen molar-refractivity contribution in [2.24, 2.45) is 0 Å². The fourth-order valence-electron chi connectivity index (χ4n) is 3.00. The topological polar surface area (TPSA) is 80.8 Å². The predicted molar refractivity (Wildman–Crippen MR) is 129 cm³/mol. The quantitative estimate of drug-likeness (QED) is 0.277. The minimum atomic E-state index is -4.14. The molecule has 0 aliphatic carbocycles. The van der Waals surface area contributed by atoms with Gasteiger partial charge in [0.05, 0.1) is 16.5 Å². The average molecular weight is 538 g/mol. The molecule has 3 aromatic rings. The van der Waals surface area contributed by atoms with Crippen molar-refractivity contribution < 1.29 is 26.6 Å². The van der Waals surface area contributed by atoms with Crippen LogP contribution in [0.4, 0.5) is 9.18 Å². The van der Waals surface area contributed by atoms with Gasteiger partial charge in [0.15, 0.2) is 5.75 Å². The molecular weight excluding hydrogens is 524 g/mol. The SMILES string of the molecule is O=C1S/C(=C\c2ccc(OS(=O)(=O)c3ccc(Cl)cc3)c(Cl)c2)C(=O)N1Cc1ccc(F)cc1. The number of rotatable bonds is 6. The largest absolute Gasteiger partial charge is 0.377 e. The van der Waals surface area contributed by atoms with Gasteiger partial charge >= 0.3 is 10.1 Å². The van der Waals surface area contributed by atoms with Crippen molar-refractivity contribution >= 4 is 62.3 Å². The van der Waals surface area contributed by atoms with Crippen molar-refractivity contribution in [2.75, 3.05) is 0 Å². The Morgan fingerprint density at radius 1 is 0.971 bits per heavy atom. The lowest BCUT2D eigenvalue weighted by Crippen LogP contribution is -2.27. The van der Waals surface area contributed by atoms with Gasteiger partial charge in [-0.05, 0) is 77.5 Å². The van der Waals surface area contributed by atoms with Crippen LogP contribution in [0.2, 0.25) is 10.0 Å². The first kappa shape index (κ1) is 24.3. The van der Waals surface area contributed by atoms with Crippen LogP contribution in [0.1, 0.15) is 11.1 Å². The first-order valence-electron chi connectivity index (χ1n) is 9.62. The van der Waals surface area contributed by atoms with E-state index in [2.05, 4.69) is 0 Å². The molecule has 174 valence electrons. The lowest BCUT2D eigenvalue weighted by atomic mass is 10.2. The fraction of sp³-hybridized carbons (Fsp3) is 0.0435. The van der Waals surface area contributed by atoms with Crippen LogP contribution in [0.15, 0.2) is 76.5 Å². The minimum absolute atomic E-state index is 0.00294. The van der Waals surface area contributed by atoms with E-state index in [9.17, 15) is 22.4 Å². The first-order chi connectivity index (χ1) is 16.1. The zero-order chi connectivity index (χ0) is 24.5. The molecule has 34 heavy (non-hydrogen) atoms. The van der Waals surface area contributed by atoms with Gasteiger partial charge in [-0.3, -0.25) is 14.5 Å². The molecule has 11 heteroatoms. The molecule has 0 atom stereocenters. The maximum Gasteiger partial charge on any atom is 0.339 e. The van der Waals surface area contributed by atoms with E-state index >= 15 is 0 Å². The van der Waals surface area contributed by atoms with Gasteiger partial charge in [-0.2, -0.15) is 8.42 Å². The van der Waals surface area contributed by atoms with Crippen molar-refractivity contribution in [3.63, 3.8) is 0 Å². The third kappa shape index (κ3) is 5.44. The Hall–Kier alpha value is -2.85. The fourth-order valence-corrected chi connectivity index (χ4v) is 5.19. The highest BCUT2D eigenvalue weighted by Gasteiger charge is 2.35. The molecule has 0 saturated carbocycles. The summed E-state index contributed by atoms with van der Waals surface area (Å²) in [5, 5.41) is -0.0825. The van der Waals surface area contributed by atoms with E-state index < -0.39 is 27.1 Å². The Kier molecular flexibility index (Phi) is 6.99. The molecule has 0 bridgehead atoms. The molecule has 1 aliphatic rings. The lowest BCUT2D eigenvalue weighted by molar-refractivity contribution is -0.123. The molecule has 3 aromatic carbocycles. The summed E-state index contributed by atoms with van der Waals surface area (Å²) in [6.45, 7) is 0.0123. The first-order valence-corrected chi connectivity index (χ1v) is 12.6. The van der Waals surface area contributed by atoms with Crippen molar-refractivity contribution in [3.8, 4) is 5.75 Å². The summed E-state index contributed by atoms with van der Waals surface area (Å²) in [6.07, 6.45) is 1.47. The Labute approximate surface area is 209 Å². The smallest absolute Gasteiger partial charge is 0.339 e. The molecule has 2 amide bonds. The van der Waals surface area contributed by atoms with E-state index in [0.717, 1.165) is 16.7 Å². The summed E-state index contributed by atoms with van der Waals surface area (Å²) >= 11 is 12.8. The van der Waals surface area contributed by atoms with Crippen molar-refractivity contribution in [1.29, 1.82) is 0 Å². The third-order valence-corrected chi connectivity index (χ3v) is 7.39. The molecule has 0 spiro atoms. The summed E-state index contributed by atoms with van der Waals surface area (Å²) in [5.74, 6) is -1.01. The molecule has 0 aromatic heterocycles. The summed E-state index contributed by atoms with van der Waals surface area (Å²) < 4.78 is 43.2. The normalized spacial score (nSPS) is 15.3. The second-order valence-electron chi connectivity index (χ2n) is 7.08. The van der Waals surface area contributed by atoms with E-state index in [1.165, 1.54) is 72.8 Å². The number of carbonyl (C=O) groups excluding carboxylic acids is 2. The van der Waals surface area contributed by atoms with Crippen LogP contribution in [-0.2, 0) is 21.5 Å². The Morgan fingerprint density at radius 3 is 2.29 bits per heavy atom. The maximum atomic E-state index is 13.1. The molecule has 1 heterocycles. The number of halogens is 3. The molecule has 0 N–H and O–H groups in total. The van der Waals surface area contributed by atoms with Crippen LogP contribution < -0.4 is 4.18 Å². The third-order valence-electron chi connectivity index (χ3n) is 4.68. The van der Waals surface area contributed by atoms with Crippen LogP contribution in [0, 0.1) is 5.82 Å². The van der Waals surface area contributed by atoms with Crippen LogP contribution in [0.5, 0.6) is 5.75 Å². The summed E-state index contributed by atoms with van der Waals surface area (Å²) in [6, 6.07) is 15.2. The number of carbonyl (C=O) groups is 2. The average Bonchev–Trinajstić information content (AvgIpc) is 3.04. The van der Waals surface area contributed by atoms with Gasteiger partial charge in [-0.15, -0.1) is 0 Å². The second kappa shape index (κ2) is 9.79. The Balaban J connectivity index is 1.51. The van der Waals surface area contributed by atoms with E-state index in [-0.39, 0.29) is 27.1 Å². The molecule has 4 rings (SSSR count). The number of thioether (sulfide) groups is 1. The van der Waals surface area contributed by atoms with Crippen LogP contribution in [-0.4, -0.2) is 24.5 Å². The van der Waals surface area contributed by atoms with E-state index in [1.807, 2.05) is 0 Å². The Morgan fingerprint density at radius 2 is 1.65 bits per heavy atom. The number of nitrogens with zero attached hydrogens (tertiary/aromatic N) is 1. The number of hydrogen-bond donors (Lipinski definition) is 0. The molecule has 1 saturated heterocycles. The van der Waals surface area contributed by atoms with Crippen LogP contribution >= 0.6 is 35.0 Å². The second-order valence-corrected chi connectivity index (χ2v) is 10.5. The van der Waals surface area contributed by atoms with Gasteiger partial charge in [0, 0.05) is 5.02 Å². The van der Waals surface area contributed by atoms with Gasteiger partial charge in [-0.25, -0.2) is 4.39 Å². The number of amides is 2. The zero-order valence-corrected chi connectivity index (χ0v) is 20.2. The monoisotopic (exact) mass is 537 g/mol. The van der Waals surface area contributed by atoms with Crippen molar-refractivity contribution in [1.82, 2.24) is 4.90 Å². The number of imide groups is 1. The summed E-state index contributed by atoms with van der Waals surface area (Å²) in [4.78, 5) is 26.2. The standard InChI is InChI=1S/C23H14Cl2FNO5S2/c24-16-4-8-18(9-5-16)34(30,31)32-20-10-3-15(11-19(20)25)12-21-22(28)27(23(29)33-21)13-14-1-6-17(26)7-2-14/h1-12H,13H2/b21-12-. The molecular formula is C23H14Cl2FNO5S2. The molecule has 1 fully saturated rings. The van der Waals surface area contributed by atoms with E-state index in [0.29, 0.717) is 16.1 Å². The summed E-state index contributed by atoms with van der Waals surface area (Å²) in [7, 11) is -4.14. The molecule has 1 aliphatic heterocycles. The van der Waals surface area contributed by atoms with E-state index in [1.54, 1.807) is 0 Å². The number of benzene rings is 3. The van der Waals surface area contributed by atoms with Gasteiger partial charge in [0.1, 0.15) is 10.7 Å². The van der Waals surface area contributed by atoms with Gasteiger partial charge in [0.25, 0.3) is 11.1 Å². The van der Waals surface area contributed by atoms with Crippen molar-refractivity contribution in [2.45, 2.75) is 11.4 Å². The van der Waals surface area contributed by atoms with Crippen molar-refractivity contribution in [3.05, 3.63) is 98.6 Å². The maximum absolute atomic E-state index is 13.1. The molecule has 0 radical (unpaired) electrons. The highest BCUT2D eigenvalue weighted by molar-refractivity contribution is 8.18. The minimum Gasteiger partial charge on any atom is -0.377 e. The molecule has 0 unspecified atom stereocenters.